The van der Waals surface area contributed by atoms with Gasteiger partial charge in [-0.2, -0.15) is 0 Å². The van der Waals surface area contributed by atoms with Crippen LogP contribution in [-0.4, -0.2) is 23.5 Å². The molecule has 1 amide bonds. The van der Waals surface area contributed by atoms with Crippen molar-refractivity contribution in [1.29, 1.82) is 0 Å². The van der Waals surface area contributed by atoms with Crippen LogP contribution in [0.3, 0.4) is 0 Å². The number of carbonyl (C=O) groups is 1. The Balaban J connectivity index is 2.10. The summed E-state index contributed by atoms with van der Waals surface area (Å²) in [6.45, 7) is 0.844. The molecule has 1 aromatic carbocycles. The first kappa shape index (κ1) is 12.7. The summed E-state index contributed by atoms with van der Waals surface area (Å²) in [5.41, 5.74) is 13.9. The van der Waals surface area contributed by atoms with Crippen molar-refractivity contribution in [2.75, 3.05) is 17.2 Å². The van der Waals surface area contributed by atoms with E-state index in [4.69, 9.17) is 11.5 Å². The fraction of sp³-hybridized carbons (Fsp3) is 0.333. The van der Waals surface area contributed by atoms with E-state index < -0.39 is 0 Å². The average Bonchev–Trinajstić information content (AvgIpc) is 2.46. The molecule has 20 heavy (non-hydrogen) atoms. The Morgan fingerprint density at radius 1 is 1.30 bits per heavy atom. The van der Waals surface area contributed by atoms with Crippen molar-refractivity contribution in [3.63, 3.8) is 0 Å². The lowest BCUT2D eigenvalue weighted by molar-refractivity contribution is -0.119. The zero-order valence-corrected chi connectivity index (χ0v) is 11.2. The standard InChI is InChI=1S/C15H18N4O/c16-10-4-5-11-12(9-10)18-7-6-13(11)19-8-2-1-3-14(19)15(17)20/h4-7,9,14H,1-3,8,16H2,(H2,17,20). The number of anilines is 2. The SMILES string of the molecule is NC(=O)C1CCCCN1c1ccnc2cc(N)ccc12. The highest BCUT2D eigenvalue weighted by atomic mass is 16.1. The van der Waals surface area contributed by atoms with Gasteiger partial charge in [0.1, 0.15) is 6.04 Å². The molecule has 2 heterocycles. The lowest BCUT2D eigenvalue weighted by Gasteiger charge is -2.36. The van der Waals surface area contributed by atoms with Gasteiger partial charge in [-0.15, -0.1) is 0 Å². The number of amides is 1. The lowest BCUT2D eigenvalue weighted by atomic mass is 9.99. The molecule has 2 aromatic rings. The Morgan fingerprint density at radius 2 is 2.15 bits per heavy atom. The van der Waals surface area contributed by atoms with Gasteiger partial charge >= 0.3 is 0 Å². The van der Waals surface area contributed by atoms with E-state index in [-0.39, 0.29) is 11.9 Å². The summed E-state index contributed by atoms with van der Waals surface area (Å²) in [5, 5.41) is 1.01. The van der Waals surface area contributed by atoms with Gasteiger partial charge in [-0.25, -0.2) is 0 Å². The third-order valence-corrected chi connectivity index (χ3v) is 3.88. The summed E-state index contributed by atoms with van der Waals surface area (Å²) in [6, 6.07) is 7.38. The molecule has 4 N–H and O–H groups in total. The monoisotopic (exact) mass is 270 g/mol. The first-order valence-electron chi connectivity index (χ1n) is 6.87. The molecule has 1 aliphatic heterocycles. The Bertz CT molecular complexity index is 655. The van der Waals surface area contributed by atoms with Gasteiger partial charge in [0.05, 0.1) is 5.52 Å². The molecule has 0 bridgehead atoms. The number of nitrogen functional groups attached to an aromatic ring is 1. The van der Waals surface area contributed by atoms with Gasteiger partial charge in [-0.1, -0.05) is 0 Å². The minimum absolute atomic E-state index is 0.230. The summed E-state index contributed by atoms with van der Waals surface area (Å²) < 4.78 is 0. The minimum atomic E-state index is -0.259. The largest absolute Gasteiger partial charge is 0.399 e. The number of rotatable bonds is 2. The van der Waals surface area contributed by atoms with Gasteiger partial charge in [-0.3, -0.25) is 9.78 Å². The highest BCUT2D eigenvalue weighted by Crippen LogP contribution is 2.31. The first-order chi connectivity index (χ1) is 9.66. The summed E-state index contributed by atoms with van der Waals surface area (Å²) in [7, 11) is 0. The molecule has 5 heteroatoms. The van der Waals surface area contributed by atoms with E-state index in [1.165, 1.54) is 0 Å². The number of pyridine rings is 1. The van der Waals surface area contributed by atoms with Gasteiger partial charge < -0.3 is 16.4 Å². The van der Waals surface area contributed by atoms with Gasteiger partial charge in [0, 0.05) is 29.5 Å². The molecule has 0 spiro atoms. The molecule has 1 unspecified atom stereocenters. The van der Waals surface area contributed by atoms with Crippen LogP contribution in [0.5, 0.6) is 0 Å². The topological polar surface area (TPSA) is 85.2 Å². The molecule has 1 fully saturated rings. The molecular formula is C15H18N4O. The van der Waals surface area contributed by atoms with Crippen LogP contribution < -0.4 is 16.4 Å². The molecule has 1 saturated heterocycles. The Hall–Kier alpha value is -2.30. The minimum Gasteiger partial charge on any atom is -0.399 e. The second kappa shape index (κ2) is 5.00. The van der Waals surface area contributed by atoms with Crippen molar-refractivity contribution < 1.29 is 4.79 Å². The zero-order valence-electron chi connectivity index (χ0n) is 11.2. The number of piperidine rings is 1. The van der Waals surface area contributed by atoms with Crippen molar-refractivity contribution >= 4 is 28.2 Å². The van der Waals surface area contributed by atoms with E-state index in [0.717, 1.165) is 42.4 Å². The predicted molar refractivity (Wildman–Crippen MR) is 80.3 cm³/mol. The maximum absolute atomic E-state index is 11.7. The molecule has 0 radical (unpaired) electrons. The van der Waals surface area contributed by atoms with Crippen molar-refractivity contribution in [1.82, 2.24) is 4.98 Å². The third kappa shape index (κ3) is 2.15. The van der Waals surface area contributed by atoms with Crippen LogP contribution in [0.4, 0.5) is 11.4 Å². The molecule has 104 valence electrons. The Kier molecular flexibility index (Phi) is 3.18. The second-order valence-corrected chi connectivity index (χ2v) is 5.21. The van der Waals surface area contributed by atoms with Crippen molar-refractivity contribution in [2.45, 2.75) is 25.3 Å². The molecule has 0 saturated carbocycles. The molecular weight excluding hydrogens is 252 g/mol. The normalized spacial score (nSPS) is 19.2. The van der Waals surface area contributed by atoms with Crippen molar-refractivity contribution in [3.05, 3.63) is 30.5 Å². The number of hydrogen-bond donors (Lipinski definition) is 2. The number of aromatic nitrogens is 1. The third-order valence-electron chi connectivity index (χ3n) is 3.88. The van der Waals surface area contributed by atoms with Crippen LogP contribution in [0.2, 0.25) is 0 Å². The predicted octanol–water partition coefficient (Wildman–Crippen LogP) is 1.66. The highest BCUT2D eigenvalue weighted by Gasteiger charge is 2.28. The number of fused-ring (bicyclic) bond motifs is 1. The number of primary amides is 1. The van der Waals surface area contributed by atoms with Crippen molar-refractivity contribution in [3.8, 4) is 0 Å². The van der Waals surface area contributed by atoms with Gasteiger partial charge in [-0.05, 0) is 43.5 Å². The van der Waals surface area contributed by atoms with Crippen LogP contribution in [0.1, 0.15) is 19.3 Å². The number of nitrogens with zero attached hydrogens (tertiary/aromatic N) is 2. The lowest BCUT2D eigenvalue weighted by Crippen LogP contribution is -2.47. The van der Waals surface area contributed by atoms with Crippen molar-refractivity contribution in [2.24, 2.45) is 5.73 Å². The Labute approximate surface area is 117 Å². The summed E-state index contributed by atoms with van der Waals surface area (Å²) in [4.78, 5) is 18.1. The molecule has 1 aromatic heterocycles. The van der Waals surface area contributed by atoms with Crippen LogP contribution in [-0.2, 0) is 4.79 Å². The van der Waals surface area contributed by atoms with Crippen LogP contribution >= 0.6 is 0 Å². The number of benzene rings is 1. The molecule has 1 aliphatic rings. The highest BCUT2D eigenvalue weighted by molar-refractivity contribution is 5.95. The molecule has 1 atom stereocenters. The van der Waals surface area contributed by atoms with E-state index in [1.54, 1.807) is 6.20 Å². The first-order valence-corrected chi connectivity index (χ1v) is 6.87. The smallest absolute Gasteiger partial charge is 0.240 e. The van der Waals surface area contributed by atoms with E-state index in [1.807, 2.05) is 24.3 Å². The van der Waals surface area contributed by atoms with E-state index in [0.29, 0.717) is 5.69 Å². The zero-order chi connectivity index (χ0) is 14.1. The maximum Gasteiger partial charge on any atom is 0.240 e. The maximum atomic E-state index is 11.7. The fourth-order valence-corrected chi connectivity index (χ4v) is 2.92. The summed E-state index contributed by atoms with van der Waals surface area (Å²) in [6.07, 6.45) is 4.68. The summed E-state index contributed by atoms with van der Waals surface area (Å²) in [5.74, 6) is -0.259. The Morgan fingerprint density at radius 3 is 2.95 bits per heavy atom. The van der Waals surface area contributed by atoms with Crippen LogP contribution in [0.25, 0.3) is 10.9 Å². The van der Waals surface area contributed by atoms with Crippen LogP contribution in [0.15, 0.2) is 30.5 Å². The summed E-state index contributed by atoms with van der Waals surface area (Å²) >= 11 is 0. The van der Waals surface area contributed by atoms with E-state index >= 15 is 0 Å². The number of hydrogen-bond acceptors (Lipinski definition) is 4. The van der Waals surface area contributed by atoms with Gasteiger partial charge in [0.25, 0.3) is 0 Å². The molecule has 3 rings (SSSR count). The van der Waals surface area contributed by atoms with E-state index in [9.17, 15) is 4.79 Å². The van der Waals surface area contributed by atoms with E-state index in [2.05, 4.69) is 9.88 Å². The number of carbonyl (C=O) groups excluding carboxylic acids is 1. The fourth-order valence-electron chi connectivity index (χ4n) is 2.92. The second-order valence-electron chi connectivity index (χ2n) is 5.21. The van der Waals surface area contributed by atoms with Gasteiger partial charge in [0.2, 0.25) is 5.91 Å². The van der Waals surface area contributed by atoms with Crippen LogP contribution in [0, 0.1) is 0 Å². The number of nitrogens with two attached hydrogens (primary N) is 2. The quantitative estimate of drug-likeness (QED) is 0.813. The molecule has 0 aliphatic carbocycles. The average molecular weight is 270 g/mol. The molecule has 5 nitrogen and oxygen atoms in total. The van der Waals surface area contributed by atoms with Gasteiger partial charge in [0.15, 0.2) is 0 Å².